The van der Waals surface area contributed by atoms with Gasteiger partial charge in [-0.1, -0.05) is 24.6 Å². The van der Waals surface area contributed by atoms with E-state index in [2.05, 4.69) is 5.32 Å². The molecule has 2 aromatic rings. The highest BCUT2D eigenvalue weighted by Crippen LogP contribution is 2.30. The van der Waals surface area contributed by atoms with Crippen molar-refractivity contribution in [1.29, 1.82) is 0 Å². The Morgan fingerprint density at radius 1 is 1.10 bits per heavy atom. The number of ether oxygens (including phenoxy) is 2. The van der Waals surface area contributed by atoms with Crippen molar-refractivity contribution in [1.82, 2.24) is 9.62 Å². The summed E-state index contributed by atoms with van der Waals surface area (Å²) in [7, 11) is -3.61. The Labute approximate surface area is 177 Å². The Bertz CT molecular complexity index is 1030. The molecule has 1 saturated heterocycles. The highest BCUT2D eigenvalue weighted by atomic mass is 32.2. The maximum atomic E-state index is 13.1. The van der Waals surface area contributed by atoms with Gasteiger partial charge in [-0.15, -0.1) is 0 Å². The lowest BCUT2D eigenvalue weighted by atomic mass is 10.1. The fraction of sp³-hybridized carbons (Fsp3) is 0.409. The van der Waals surface area contributed by atoms with Gasteiger partial charge in [0, 0.05) is 18.7 Å². The maximum Gasteiger partial charge on any atom is 0.251 e. The number of carbonyl (C=O) groups is 1. The molecule has 2 aliphatic rings. The zero-order valence-electron chi connectivity index (χ0n) is 17.0. The van der Waals surface area contributed by atoms with Crippen LogP contribution in [-0.4, -0.2) is 51.0 Å². The third-order valence-electron chi connectivity index (χ3n) is 5.44. The number of piperidine rings is 1. The second kappa shape index (κ2) is 8.65. The van der Waals surface area contributed by atoms with Crippen LogP contribution in [0.15, 0.2) is 47.4 Å². The van der Waals surface area contributed by atoms with Crippen LogP contribution >= 0.6 is 0 Å². The Balaban J connectivity index is 1.44. The monoisotopic (exact) mass is 430 g/mol. The summed E-state index contributed by atoms with van der Waals surface area (Å²) in [5.41, 5.74) is 0.950. The van der Waals surface area contributed by atoms with Gasteiger partial charge < -0.3 is 14.8 Å². The van der Waals surface area contributed by atoms with Gasteiger partial charge in [0.25, 0.3) is 5.91 Å². The van der Waals surface area contributed by atoms with Gasteiger partial charge in [-0.2, -0.15) is 4.31 Å². The number of sulfonamides is 1. The van der Waals surface area contributed by atoms with Gasteiger partial charge in [-0.25, -0.2) is 8.42 Å². The number of carbonyl (C=O) groups excluding carboxylic acids is 1. The molecule has 1 N–H and O–H groups in total. The molecule has 0 bridgehead atoms. The zero-order valence-corrected chi connectivity index (χ0v) is 17.8. The summed E-state index contributed by atoms with van der Waals surface area (Å²) in [6, 6.07) is 12.2. The van der Waals surface area contributed by atoms with E-state index in [0.717, 1.165) is 19.3 Å². The second-order valence-corrected chi connectivity index (χ2v) is 9.56. The summed E-state index contributed by atoms with van der Waals surface area (Å²) in [5.74, 6) is 0.993. The molecule has 8 heteroatoms. The number of nitrogens with zero attached hydrogens (tertiary/aromatic N) is 1. The van der Waals surface area contributed by atoms with Crippen LogP contribution in [0.3, 0.4) is 0 Å². The van der Waals surface area contributed by atoms with Crippen molar-refractivity contribution in [3.8, 4) is 11.5 Å². The highest BCUT2D eigenvalue weighted by molar-refractivity contribution is 7.89. The molecule has 7 nitrogen and oxygen atoms in total. The topological polar surface area (TPSA) is 84.9 Å². The minimum Gasteiger partial charge on any atom is -0.486 e. The Hall–Kier alpha value is -2.58. The molecule has 30 heavy (non-hydrogen) atoms. The molecule has 1 unspecified atom stereocenters. The average molecular weight is 431 g/mol. The molecule has 1 atom stereocenters. The molecule has 1 amide bonds. The summed E-state index contributed by atoms with van der Waals surface area (Å²) in [5, 5.41) is 2.82. The molecule has 0 aliphatic carbocycles. The first-order valence-electron chi connectivity index (χ1n) is 10.2. The smallest absolute Gasteiger partial charge is 0.251 e. The van der Waals surface area contributed by atoms with Gasteiger partial charge in [0.1, 0.15) is 12.7 Å². The van der Waals surface area contributed by atoms with E-state index in [4.69, 9.17) is 9.47 Å². The Morgan fingerprint density at radius 2 is 1.83 bits per heavy atom. The standard InChI is InChI=1S/C22H26N2O5S/c1-16-9-10-17(13-21(16)30(26,27)24-11-5-2-6-12-24)22(25)23-14-18-15-28-19-7-3-4-8-20(19)29-18/h3-4,7-10,13,18H,2,5-6,11-12,14-15H2,1H3,(H,23,25). The molecule has 0 spiro atoms. The molecule has 0 radical (unpaired) electrons. The summed E-state index contributed by atoms with van der Waals surface area (Å²) < 4.78 is 39.2. The number of amides is 1. The predicted octanol–water partition coefficient (Wildman–Crippen LogP) is 2.74. The number of aryl methyl sites for hydroxylation is 1. The van der Waals surface area contributed by atoms with Crippen molar-refractivity contribution in [3.05, 3.63) is 53.6 Å². The minimum atomic E-state index is -3.61. The van der Waals surface area contributed by atoms with Crippen LogP contribution < -0.4 is 14.8 Å². The molecular formula is C22H26N2O5S. The van der Waals surface area contributed by atoms with Crippen LogP contribution in [0.5, 0.6) is 11.5 Å². The van der Waals surface area contributed by atoms with E-state index in [1.54, 1.807) is 19.1 Å². The van der Waals surface area contributed by atoms with Gasteiger partial charge in [-0.05, 0) is 49.6 Å². The van der Waals surface area contributed by atoms with Crippen LogP contribution in [0, 0.1) is 6.92 Å². The highest BCUT2D eigenvalue weighted by Gasteiger charge is 2.28. The molecule has 0 aromatic heterocycles. The van der Waals surface area contributed by atoms with E-state index in [-0.39, 0.29) is 23.5 Å². The van der Waals surface area contributed by atoms with E-state index < -0.39 is 10.0 Å². The number of hydrogen-bond acceptors (Lipinski definition) is 5. The van der Waals surface area contributed by atoms with Crippen molar-refractivity contribution in [2.24, 2.45) is 0 Å². The molecular weight excluding hydrogens is 404 g/mol. The lowest BCUT2D eigenvalue weighted by Gasteiger charge is -2.27. The van der Waals surface area contributed by atoms with Gasteiger partial charge >= 0.3 is 0 Å². The fourth-order valence-corrected chi connectivity index (χ4v) is 5.50. The fourth-order valence-electron chi connectivity index (χ4n) is 3.74. The normalized spacial score (nSPS) is 19.3. The lowest BCUT2D eigenvalue weighted by Crippen LogP contribution is -2.40. The molecule has 160 valence electrons. The number of hydrogen-bond donors (Lipinski definition) is 1. The van der Waals surface area contributed by atoms with Crippen molar-refractivity contribution in [2.45, 2.75) is 37.2 Å². The number of para-hydroxylation sites is 2. The van der Waals surface area contributed by atoms with Crippen LogP contribution in [-0.2, 0) is 10.0 Å². The minimum absolute atomic E-state index is 0.197. The summed E-state index contributed by atoms with van der Waals surface area (Å²) in [6.07, 6.45) is 2.46. The average Bonchev–Trinajstić information content (AvgIpc) is 2.78. The number of fused-ring (bicyclic) bond motifs is 1. The first-order chi connectivity index (χ1) is 14.4. The predicted molar refractivity (Wildman–Crippen MR) is 112 cm³/mol. The van der Waals surface area contributed by atoms with Crippen molar-refractivity contribution >= 4 is 15.9 Å². The largest absolute Gasteiger partial charge is 0.486 e. The van der Waals surface area contributed by atoms with Crippen LogP contribution in [0.2, 0.25) is 0 Å². The second-order valence-electron chi connectivity index (χ2n) is 7.65. The van der Waals surface area contributed by atoms with Crippen LogP contribution in [0.4, 0.5) is 0 Å². The summed E-state index contributed by atoms with van der Waals surface area (Å²) >= 11 is 0. The first-order valence-corrected chi connectivity index (χ1v) is 11.7. The number of nitrogens with one attached hydrogen (secondary N) is 1. The molecule has 0 saturated carbocycles. The molecule has 2 aromatic carbocycles. The Kier molecular flexibility index (Phi) is 5.97. The third-order valence-corrected chi connectivity index (χ3v) is 7.48. The van der Waals surface area contributed by atoms with Crippen molar-refractivity contribution in [3.63, 3.8) is 0 Å². The van der Waals surface area contributed by atoms with Gasteiger partial charge in [0.05, 0.1) is 11.4 Å². The van der Waals surface area contributed by atoms with Gasteiger partial charge in [0.2, 0.25) is 10.0 Å². The van der Waals surface area contributed by atoms with E-state index in [9.17, 15) is 13.2 Å². The van der Waals surface area contributed by atoms with E-state index in [0.29, 0.717) is 42.3 Å². The third kappa shape index (κ3) is 4.29. The van der Waals surface area contributed by atoms with Crippen LogP contribution in [0.1, 0.15) is 35.2 Å². The first kappa shape index (κ1) is 20.7. The SMILES string of the molecule is Cc1ccc(C(=O)NCC2COc3ccccc3O2)cc1S(=O)(=O)N1CCCCC1. The zero-order chi connectivity index (χ0) is 21.1. The van der Waals surface area contributed by atoms with Crippen molar-refractivity contribution < 1.29 is 22.7 Å². The maximum absolute atomic E-state index is 13.1. The van der Waals surface area contributed by atoms with E-state index in [1.165, 1.54) is 10.4 Å². The molecule has 2 heterocycles. The summed E-state index contributed by atoms with van der Waals surface area (Å²) in [4.78, 5) is 12.9. The number of benzene rings is 2. The molecule has 1 fully saturated rings. The molecule has 2 aliphatic heterocycles. The molecule has 4 rings (SSSR count). The van der Waals surface area contributed by atoms with Gasteiger partial charge in [0.15, 0.2) is 11.5 Å². The summed E-state index contributed by atoms with van der Waals surface area (Å²) in [6.45, 7) is 3.40. The van der Waals surface area contributed by atoms with E-state index in [1.807, 2.05) is 24.3 Å². The van der Waals surface area contributed by atoms with E-state index >= 15 is 0 Å². The Morgan fingerprint density at radius 3 is 2.60 bits per heavy atom. The van der Waals surface area contributed by atoms with Crippen LogP contribution in [0.25, 0.3) is 0 Å². The van der Waals surface area contributed by atoms with Gasteiger partial charge in [-0.3, -0.25) is 4.79 Å². The lowest BCUT2D eigenvalue weighted by molar-refractivity contribution is 0.0789. The number of rotatable bonds is 5. The van der Waals surface area contributed by atoms with Crippen molar-refractivity contribution in [2.75, 3.05) is 26.2 Å². The quantitative estimate of drug-likeness (QED) is 0.789.